The van der Waals surface area contributed by atoms with Crippen molar-refractivity contribution in [3.05, 3.63) is 42.2 Å². The number of nitrogens with one attached hydrogen (secondary N) is 2. The minimum absolute atomic E-state index is 0.127. The summed E-state index contributed by atoms with van der Waals surface area (Å²) < 4.78 is 19.4. The van der Waals surface area contributed by atoms with Crippen LogP contribution in [0, 0.1) is 5.82 Å². The van der Waals surface area contributed by atoms with Crippen LogP contribution in [0.25, 0.3) is 0 Å². The van der Waals surface area contributed by atoms with Gasteiger partial charge in [-0.1, -0.05) is 25.1 Å². The number of carbonyl (C=O) groups excluding carboxylic acids is 1. The Labute approximate surface area is 125 Å². The second-order valence-electron chi connectivity index (χ2n) is 4.70. The summed E-state index contributed by atoms with van der Waals surface area (Å²) >= 11 is 0. The molecule has 0 aliphatic carbocycles. The van der Waals surface area contributed by atoms with Crippen molar-refractivity contribution < 1.29 is 13.9 Å². The quantitative estimate of drug-likeness (QED) is 0.543. The molecule has 1 aromatic rings. The monoisotopic (exact) mass is 294 g/mol. The van der Waals surface area contributed by atoms with Crippen molar-refractivity contribution in [1.29, 1.82) is 0 Å². The van der Waals surface area contributed by atoms with Gasteiger partial charge in [-0.3, -0.25) is 4.79 Å². The Morgan fingerprint density at radius 3 is 2.95 bits per heavy atom. The number of carbonyl (C=O) groups is 1. The fourth-order valence-corrected chi connectivity index (χ4v) is 1.77. The summed E-state index contributed by atoms with van der Waals surface area (Å²) in [4.78, 5) is 11.8. The molecule has 1 amide bonds. The summed E-state index contributed by atoms with van der Waals surface area (Å²) in [6, 6.07) is 4.75. The van der Waals surface area contributed by atoms with Crippen LogP contribution in [0.15, 0.2) is 30.9 Å². The molecule has 4 nitrogen and oxygen atoms in total. The van der Waals surface area contributed by atoms with Crippen LogP contribution >= 0.6 is 0 Å². The molecule has 1 atom stereocenters. The number of ether oxygens (including phenoxy) is 1. The first-order valence-electron chi connectivity index (χ1n) is 7.13. The van der Waals surface area contributed by atoms with Gasteiger partial charge in [-0.25, -0.2) is 4.39 Å². The number of para-hydroxylation sites is 1. The third-order valence-corrected chi connectivity index (χ3v) is 2.88. The second-order valence-corrected chi connectivity index (χ2v) is 4.70. The third kappa shape index (κ3) is 5.55. The van der Waals surface area contributed by atoms with E-state index in [1.165, 1.54) is 6.07 Å². The molecule has 1 aromatic carbocycles. The van der Waals surface area contributed by atoms with E-state index < -0.39 is 11.9 Å². The first kappa shape index (κ1) is 17.2. The standard InChI is InChI=1S/C16H23FN2O2/c1-4-9-18-11-13-7-6-8-14(17)15(13)21-12(3)16(20)19-10-5-2/h5-8,12,18H,2,4,9-11H2,1,3H3,(H,19,20). The van der Waals surface area contributed by atoms with E-state index in [1.54, 1.807) is 25.1 Å². The maximum absolute atomic E-state index is 13.9. The van der Waals surface area contributed by atoms with Crippen LogP contribution in [-0.4, -0.2) is 25.1 Å². The molecule has 1 unspecified atom stereocenters. The number of hydrogen-bond acceptors (Lipinski definition) is 3. The van der Waals surface area contributed by atoms with Gasteiger partial charge in [-0.15, -0.1) is 6.58 Å². The summed E-state index contributed by atoms with van der Waals surface area (Å²) in [5, 5.41) is 5.82. The Morgan fingerprint density at radius 2 is 2.29 bits per heavy atom. The first-order chi connectivity index (χ1) is 10.1. The van der Waals surface area contributed by atoms with Crippen molar-refractivity contribution in [1.82, 2.24) is 10.6 Å². The average Bonchev–Trinajstić information content (AvgIpc) is 2.48. The van der Waals surface area contributed by atoms with E-state index >= 15 is 0 Å². The maximum Gasteiger partial charge on any atom is 0.261 e. The molecule has 0 saturated carbocycles. The van der Waals surface area contributed by atoms with Gasteiger partial charge >= 0.3 is 0 Å². The van der Waals surface area contributed by atoms with Crippen molar-refractivity contribution in [2.45, 2.75) is 32.9 Å². The third-order valence-electron chi connectivity index (χ3n) is 2.88. The van der Waals surface area contributed by atoms with Crippen LogP contribution in [0.1, 0.15) is 25.8 Å². The van der Waals surface area contributed by atoms with Gasteiger partial charge in [0.1, 0.15) is 0 Å². The summed E-state index contributed by atoms with van der Waals surface area (Å²) in [6.07, 6.45) is 1.80. The predicted octanol–water partition coefficient (Wildman–Crippen LogP) is 2.39. The molecule has 0 spiro atoms. The van der Waals surface area contributed by atoms with Gasteiger partial charge in [0.2, 0.25) is 0 Å². The molecule has 0 bridgehead atoms. The largest absolute Gasteiger partial charge is 0.477 e. The van der Waals surface area contributed by atoms with Crippen LogP contribution < -0.4 is 15.4 Å². The summed E-state index contributed by atoms with van der Waals surface area (Å²) in [5.74, 6) is -0.637. The highest BCUT2D eigenvalue weighted by atomic mass is 19.1. The molecule has 0 aliphatic heterocycles. The zero-order chi connectivity index (χ0) is 15.7. The minimum atomic E-state index is -0.772. The fraction of sp³-hybridized carbons (Fsp3) is 0.438. The lowest BCUT2D eigenvalue weighted by atomic mass is 10.2. The van der Waals surface area contributed by atoms with Gasteiger partial charge in [-0.05, 0) is 26.0 Å². The molecule has 0 radical (unpaired) electrons. The molecule has 0 fully saturated rings. The van der Waals surface area contributed by atoms with E-state index in [9.17, 15) is 9.18 Å². The van der Waals surface area contributed by atoms with Gasteiger partial charge in [0.15, 0.2) is 17.7 Å². The Kier molecular flexibility index (Phi) is 7.46. The molecule has 5 heteroatoms. The van der Waals surface area contributed by atoms with E-state index in [1.807, 2.05) is 0 Å². The number of halogens is 1. The second kappa shape index (κ2) is 9.13. The molecular weight excluding hydrogens is 271 g/mol. The van der Waals surface area contributed by atoms with E-state index in [2.05, 4.69) is 24.1 Å². The van der Waals surface area contributed by atoms with E-state index in [0.29, 0.717) is 18.7 Å². The molecule has 0 aliphatic rings. The van der Waals surface area contributed by atoms with Gasteiger partial charge in [0, 0.05) is 18.7 Å². The number of benzene rings is 1. The van der Waals surface area contributed by atoms with Crippen molar-refractivity contribution in [2.75, 3.05) is 13.1 Å². The maximum atomic E-state index is 13.9. The van der Waals surface area contributed by atoms with E-state index in [0.717, 1.165) is 13.0 Å². The molecule has 0 heterocycles. The lowest BCUT2D eigenvalue weighted by Gasteiger charge is -2.17. The van der Waals surface area contributed by atoms with Crippen LogP contribution in [0.2, 0.25) is 0 Å². The molecular formula is C16H23FN2O2. The lowest BCUT2D eigenvalue weighted by molar-refractivity contribution is -0.127. The topological polar surface area (TPSA) is 50.4 Å². The Hall–Kier alpha value is -1.88. The van der Waals surface area contributed by atoms with Gasteiger partial charge < -0.3 is 15.4 Å². The summed E-state index contributed by atoms with van der Waals surface area (Å²) in [6.45, 7) is 8.87. The average molecular weight is 294 g/mol. The molecule has 0 aromatic heterocycles. The predicted molar refractivity (Wildman–Crippen MR) is 81.7 cm³/mol. The smallest absolute Gasteiger partial charge is 0.261 e. The van der Waals surface area contributed by atoms with Crippen LogP contribution in [0.4, 0.5) is 4.39 Å². The Bertz CT molecular complexity index is 477. The molecule has 116 valence electrons. The number of amides is 1. The first-order valence-corrected chi connectivity index (χ1v) is 7.13. The highest BCUT2D eigenvalue weighted by Crippen LogP contribution is 2.23. The van der Waals surface area contributed by atoms with E-state index in [4.69, 9.17) is 4.74 Å². The van der Waals surface area contributed by atoms with Crippen molar-refractivity contribution in [3.63, 3.8) is 0 Å². The van der Waals surface area contributed by atoms with Crippen LogP contribution in [-0.2, 0) is 11.3 Å². The lowest BCUT2D eigenvalue weighted by Crippen LogP contribution is -2.36. The molecule has 0 saturated heterocycles. The summed E-state index contributed by atoms with van der Waals surface area (Å²) in [5.41, 5.74) is 0.701. The zero-order valence-corrected chi connectivity index (χ0v) is 12.6. The molecule has 2 N–H and O–H groups in total. The van der Waals surface area contributed by atoms with Gasteiger partial charge in [0.05, 0.1) is 0 Å². The normalized spacial score (nSPS) is 11.8. The zero-order valence-electron chi connectivity index (χ0n) is 12.6. The van der Waals surface area contributed by atoms with Crippen LogP contribution in [0.3, 0.4) is 0 Å². The highest BCUT2D eigenvalue weighted by molar-refractivity contribution is 5.80. The summed E-state index contributed by atoms with van der Waals surface area (Å²) in [7, 11) is 0. The van der Waals surface area contributed by atoms with Crippen molar-refractivity contribution >= 4 is 5.91 Å². The Balaban J connectivity index is 2.75. The number of rotatable bonds is 9. The fourth-order valence-electron chi connectivity index (χ4n) is 1.77. The van der Waals surface area contributed by atoms with E-state index in [-0.39, 0.29) is 11.7 Å². The Morgan fingerprint density at radius 1 is 1.52 bits per heavy atom. The van der Waals surface area contributed by atoms with Gasteiger partial charge in [0.25, 0.3) is 5.91 Å². The van der Waals surface area contributed by atoms with Crippen molar-refractivity contribution in [2.24, 2.45) is 0 Å². The van der Waals surface area contributed by atoms with Crippen molar-refractivity contribution in [3.8, 4) is 5.75 Å². The van der Waals surface area contributed by atoms with Crippen LogP contribution in [0.5, 0.6) is 5.75 Å². The SMILES string of the molecule is C=CCNC(=O)C(C)Oc1c(F)cccc1CNCCC. The number of hydrogen-bond donors (Lipinski definition) is 2. The minimum Gasteiger partial charge on any atom is -0.477 e. The molecule has 1 rings (SSSR count). The van der Waals surface area contributed by atoms with Gasteiger partial charge in [-0.2, -0.15) is 0 Å². The highest BCUT2D eigenvalue weighted by Gasteiger charge is 2.18. The molecule has 21 heavy (non-hydrogen) atoms.